The minimum absolute atomic E-state index is 0.144. The Labute approximate surface area is 183 Å². The number of hydrogen-bond acceptors (Lipinski definition) is 3. The van der Waals surface area contributed by atoms with Gasteiger partial charge >= 0.3 is 0 Å². The molecule has 1 N–H and O–H groups in total. The summed E-state index contributed by atoms with van der Waals surface area (Å²) in [6.07, 6.45) is 0. The van der Waals surface area contributed by atoms with Crippen LogP contribution >= 0.6 is 11.8 Å². The van der Waals surface area contributed by atoms with Crippen molar-refractivity contribution in [3.8, 4) is 0 Å². The van der Waals surface area contributed by atoms with Gasteiger partial charge in [0.05, 0.1) is 5.75 Å². The molecule has 2 amide bonds. The second-order valence-electron chi connectivity index (χ2n) is 8.51. The van der Waals surface area contributed by atoms with E-state index in [-0.39, 0.29) is 28.9 Å². The zero-order chi connectivity index (χ0) is 22.3. The van der Waals surface area contributed by atoms with Crippen LogP contribution in [0.4, 0.5) is 4.39 Å². The van der Waals surface area contributed by atoms with Crippen LogP contribution in [0.3, 0.4) is 0 Å². The van der Waals surface area contributed by atoms with Crippen molar-refractivity contribution < 1.29 is 14.0 Å². The molecule has 162 valence electrons. The van der Waals surface area contributed by atoms with Gasteiger partial charge < -0.3 is 10.2 Å². The van der Waals surface area contributed by atoms with Gasteiger partial charge in [-0.1, -0.05) is 48.0 Å². The first-order valence-electron chi connectivity index (χ1n) is 10.0. The number of nitrogens with zero attached hydrogens (tertiary/aromatic N) is 1. The topological polar surface area (TPSA) is 49.4 Å². The van der Waals surface area contributed by atoms with Crippen molar-refractivity contribution in [2.75, 3.05) is 5.75 Å². The number of benzene rings is 2. The minimum Gasteiger partial charge on any atom is -0.350 e. The molecular weight excluding hydrogens is 399 g/mol. The number of nitrogens with one attached hydrogen (secondary N) is 1. The second-order valence-corrected chi connectivity index (χ2v) is 9.50. The number of halogens is 1. The van der Waals surface area contributed by atoms with Crippen LogP contribution in [0.15, 0.2) is 48.5 Å². The van der Waals surface area contributed by atoms with E-state index in [9.17, 15) is 14.0 Å². The summed E-state index contributed by atoms with van der Waals surface area (Å²) in [5.41, 5.74) is 2.25. The molecule has 0 heterocycles. The van der Waals surface area contributed by atoms with Crippen molar-refractivity contribution in [3.63, 3.8) is 0 Å². The molecule has 2 aromatic rings. The molecule has 0 bridgehead atoms. The van der Waals surface area contributed by atoms with Gasteiger partial charge in [0.2, 0.25) is 11.8 Å². The maximum Gasteiger partial charge on any atom is 0.242 e. The maximum absolute atomic E-state index is 13.8. The fourth-order valence-electron chi connectivity index (χ4n) is 3.01. The van der Waals surface area contributed by atoms with Crippen molar-refractivity contribution in [3.05, 3.63) is 71.0 Å². The Balaban J connectivity index is 2.11. The molecule has 0 aromatic heterocycles. The van der Waals surface area contributed by atoms with Crippen LogP contribution in [-0.4, -0.2) is 34.0 Å². The number of thioether (sulfide) groups is 1. The Morgan fingerprint density at radius 3 is 2.47 bits per heavy atom. The van der Waals surface area contributed by atoms with Crippen molar-refractivity contribution in [2.24, 2.45) is 0 Å². The van der Waals surface area contributed by atoms with E-state index in [1.807, 2.05) is 52.0 Å². The molecule has 4 nitrogen and oxygen atoms in total. The zero-order valence-electron chi connectivity index (χ0n) is 18.4. The summed E-state index contributed by atoms with van der Waals surface area (Å²) in [6.45, 7) is 9.82. The molecule has 0 radical (unpaired) electrons. The number of hydrogen-bond donors (Lipinski definition) is 1. The normalized spacial score (nSPS) is 12.3. The molecule has 0 aliphatic rings. The van der Waals surface area contributed by atoms with Gasteiger partial charge in [-0.05, 0) is 51.8 Å². The molecule has 30 heavy (non-hydrogen) atoms. The van der Waals surface area contributed by atoms with Crippen LogP contribution in [0.25, 0.3) is 0 Å². The summed E-state index contributed by atoms with van der Waals surface area (Å²) in [5, 5.41) is 2.95. The van der Waals surface area contributed by atoms with Crippen molar-refractivity contribution in [1.29, 1.82) is 0 Å². The maximum atomic E-state index is 13.8. The molecular formula is C24H31FN2O2S. The largest absolute Gasteiger partial charge is 0.350 e. The van der Waals surface area contributed by atoms with Crippen molar-refractivity contribution in [1.82, 2.24) is 10.2 Å². The SMILES string of the molecule is Cc1cccc(CN(C(=O)CSCc2ccccc2F)C(C)C(=O)NC(C)(C)C)c1. The van der Waals surface area contributed by atoms with Crippen LogP contribution in [0.1, 0.15) is 44.4 Å². The van der Waals surface area contributed by atoms with E-state index in [1.165, 1.54) is 17.8 Å². The Bertz CT molecular complexity index is 880. The molecule has 0 spiro atoms. The van der Waals surface area contributed by atoms with E-state index in [4.69, 9.17) is 0 Å². The third-order valence-corrected chi connectivity index (χ3v) is 5.51. The number of rotatable bonds is 8. The predicted molar refractivity (Wildman–Crippen MR) is 122 cm³/mol. The smallest absolute Gasteiger partial charge is 0.242 e. The fraction of sp³-hybridized carbons (Fsp3) is 0.417. The predicted octanol–water partition coefficient (Wildman–Crippen LogP) is 4.70. The summed E-state index contributed by atoms with van der Waals surface area (Å²) >= 11 is 1.35. The average Bonchev–Trinajstić information content (AvgIpc) is 2.65. The molecule has 2 rings (SSSR count). The van der Waals surface area contributed by atoms with E-state index in [1.54, 1.807) is 30.0 Å². The summed E-state index contributed by atoms with van der Waals surface area (Å²) < 4.78 is 13.8. The Kier molecular flexibility index (Phi) is 8.47. The van der Waals surface area contributed by atoms with Gasteiger partial charge in [0.15, 0.2) is 0 Å². The highest BCUT2D eigenvalue weighted by molar-refractivity contribution is 7.99. The summed E-state index contributed by atoms with van der Waals surface area (Å²) in [6, 6.07) is 13.9. The molecule has 0 aliphatic carbocycles. The van der Waals surface area contributed by atoms with E-state index in [0.29, 0.717) is 17.9 Å². The number of carbonyl (C=O) groups is 2. The van der Waals surface area contributed by atoms with Gasteiger partial charge in [-0.2, -0.15) is 0 Å². The minimum atomic E-state index is -0.619. The van der Waals surface area contributed by atoms with Gasteiger partial charge in [0.25, 0.3) is 0 Å². The molecule has 6 heteroatoms. The molecule has 0 fully saturated rings. The summed E-state index contributed by atoms with van der Waals surface area (Å²) in [5.74, 6) is -0.0315. The van der Waals surface area contributed by atoms with Crippen LogP contribution < -0.4 is 5.32 Å². The summed E-state index contributed by atoms with van der Waals surface area (Å²) in [4.78, 5) is 27.4. The monoisotopic (exact) mass is 430 g/mol. The third kappa shape index (κ3) is 7.48. The number of amides is 2. The molecule has 1 atom stereocenters. The zero-order valence-corrected chi connectivity index (χ0v) is 19.2. The number of carbonyl (C=O) groups excluding carboxylic acids is 2. The highest BCUT2D eigenvalue weighted by Gasteiger charge is 2.28. The lowest BCUT2D eigenvalue weighted by atomic mass is 10.1. The van der Waals surface area contributed by atoms with Crippen LogP contribution in [0, 0.1) is 12.7 Å². The highest BCUT2D eigenvalue weighted by atomic mass is 32.2. The van der Waals surface area contributed by atoms with Gasteiger partial charge in [-0.15, -0.1) is 11.8 Å². The standard InChI is InChI=1S/C24H31FN2O2S/c1-17-9-8-10-19(13-17)14-27(18(2)23(29)26-24(3,4)5)22(28)16-30-15-20-11-6-7-12-21(20)25/h6-13,18H,14-16H2,1-5H3,(H,26,29). The van der Waals surface area contributed by atoms with Gasteiger partial charge in [0.1, 0.15) is 11.9 Å². The molecule has 0 saturated heterocycles. The van der Waals surface area contributed by atoms with Gasteiger partial charge in [-0.3, -0.25) is 9.59 Å². The molecule has 2 aromatic carbocycles. The third-order valence-electron chi connectivity index (χ3n) is 4.54. The lowest BCUT2D eigenvalue weighted by Crippen LogP contribution is -2.52. The Morgan fingerprint density at radius 2 is 1.83 bits per heavy atom. The van der Waals surface area contributed by atoms with Crippen LogP contribution in [0.5, 0.6) is 0 Å². The molecule has 0 saturated carbocycles. The highest BCUT2D eigenvalue weighted by Crippen LogP contribution is 2.18. The second kappa shape index (κ2) is 10.6. The first-order chi connectivity index (χ1) is 14.1. The van der Waals surface area contributed by atoms with Crippen molar-refractivity contribution >= 4 is 23.6 Å². The average molecular weight is 431 g/mol. The quantitative estimate of drug-likeness (QED) is 0.660. The van der Waals surface area contributed by atoms with Crippen LogP contribution in [-0.2, 0) is 21.9 Å². The lowest BCUT2D eigenvalue weighted by Gasteiger charge is -2.31. The molecule has 1 unspecified atom stereocenters. The number of aryl methyl sites for hydroxylation is 1. The fourth-order valence-corrected chi connectivity index (χ4v) is 3.91. The van der Waals surface area contributed by atoms with Crippen molar-refractivity contribution in [2.45, 2.75) is 58.5 Å². The lowest BCUT2D eigenvalue weighted by molar-refractivity contribution is -0.139. The molecule has 0 aliphatic heterocycles. The van der Waals surface area contributed by atoms with E-state index >= 15 is 0 Å². The van der Waals surface area contributed by atoms with Gasteiger partial charge in [0, 0.05) is 17.8 Å². The van der Waals surface area contributed by atoms with E-state index in [2.05, 4.69) is 5.32 Å². The first kappa shape index (κ1) is 23.9. The Morgan fingerprint density at radius 1 is 1.13 bits per heavy atom. The Hall–Kier alpha value is -2.34. The van der Waals surface area contributed by atoms with E-state index in [0.717, 1.165) is 11.1 Å². The summed E-state index contributed by atoms with van der Waals surface area (Å²) in [7, 11) is 0. The van der Waals surface area contributed by atoms with E-state index < -0.39 is 6.04 Å². The van der Waals surface area contributed by atoms with Crippen LogP contribution in [0.2, 0.25) is 0 Å². The van der Waals surface area contributed by atoms with Gasteiger partial charge in [-0.25, -0.2) is 4.39 Å². The first-order valence-corrected chi connectivity index (χ1v) is 11.2.